The number of nitrogens with two attached hydrogens (primary N) is 1. The Bertz CT molecular complexity index is 806. The number of nitriles is 1. The Morgan fingerprint density at radius 1 is 1.27 bits per heavy atom. The van der Waals surface area contributed by atoms with E-state index in [1.165, 1.54) is 30.5 Å². The number of aliphatic hydroxyl groups is 1. The SMILES string of the molecule is N#C/C(=C/N1CCN(CCO)CC1)C(=O)Nc1ccc(S(N)(=O)=O)cc1. The third-order valence-electron chi connectivity index (χ3n) is 3.94. The molecule has 0 aromatic heterocycles. The molecule has 0 unspecified atom stereocenters. The number of sulfonamides is 1. The molecule has 4 N–H and O–H groups in total. The van der Waals surface area contributed by atoms with Crippen LogP contribution in [0.25, 0.3) is 0 Å². The minimum absolute atomic E-state index is 0.0452. The molecule has 1 heterocycles. The summed E-state index contributed by atoms with van der Waals surface area (Å²) in [6.45, 7) is 3.51. The first-order chi connectivity index (χ1) is 12.3. The first-order valence-electron chi connectivity index (χ1n) is 7.97. The van der Waals surface area contributed by atoms with Gasteiger partial charge in [0.1, 0.15) is 11.6 Å². The fraction of sp³-hybridized carbons (Fsp3) is 0.375. The summed E-state index contributed by atoms with van der Waals surface area (Å²) in [7, 11) is -3.80. The molecule has 1 aromatic rings. The zero-order chi connectivity index (χ0) is 19.2. The number of carbonyl (C=O) groups is 1. The van der Waals surface area contributed by atoms with Crippen LogP contribution in [0.5, 0.6) is 0 Å². The van der Waals surface area contributed by atoms with Crippen LogP contribution in [0.1, 0.15) is 0 Å². The van der Waals surface area contributed by atoms with Gasteiger partial charge >= 0.3 is 0 Å². The van der Waals surface area contributed by atoms with Crippen LogP contribution in [0.4, 0.5) is 5.69 Å². The lowest BCUT2D eigenvalue weighted by atomic mass is 10.2. The van der Waals surface area contributed by atoms with Gasteiger partial charge in [-0.2, -0.15) is 5.26 Å². The Labute approximate surface area is 152 Å². The van der Waals surface area contributed by atoms with Crippen molar-refractivity contribution < 1.29 is 18.3 Å². The number of amides is 1. The molecular weight excluding hydrogens is 358 g/mol. The highest BCUT2D eigenvalue weighted by Crippen LogP contribution is 2.14. The monoisotopic (exact) mass is 379 g/mol. The van der Waals surface area contributed by atoms with Crippen LogP contribution in [0.2, 0.25) is 0 Å². The minimum Gasteiger partial charge on any atom is -0.395 e. The van der Waals surface area contributed by atoms with Gasteiger partial charge in [-0.3, -0.25) is 9.69 Å². The predicted octanol–water partition coefficient (Wildman–Crippen LogP) is -0.710. The molecule has 140 valence electrons. The quantitative estimate of drug-likeness (QED) is 0.438. The summed E-state index contributed by atoms with van der Waals surface area (Å²) in [4.78, 5) is 16.2. The van der Waals surface area contributed by atoms with E-state index in [0.29, 0.717) is 25.3 Å². The summed E-state index contributed by atoms with van der Waals surface area (Å²) < 4.78 is 22.4. The van der Waals surface area contributed by atoms with Gasteiger partial charge in [0.15, 0.2) is 0 Å². The smallest absolute Gasteiger partial charge is 0.267 e. The van der Waals surface area contributed by atoms with Gasteiger partial charge in [0.25, 0.3) is 5.91 Å². The van der Waals surface area contributed by atoms with Crippen LogP contribution >= 0.6 is 0 Å². The zero-order valence-corrected chi connectivity index (χ0v) is 14.9. The average Bonchev–Trinajstić information content (AvgIpc) is 2.61. The van der Waals surface area contributed by atoms with E-state index in [-0.39, 0.29) is 17.1 Å². The van der Waals surface area contributed by atoms with E-state index in [4.69, 9.17) is 10.2 Å². The van der Waals surface area contributed by atoms with Gasteiger partial charge in [-0.1, -0.05) is 0 Å². The van der Waals surface area contributed by atoms with Crippen LogP contribution < -0.4 is 10.5 Å². The van der Waals surface area contributed by atoms with E-state index in [0.717, 1.165) is 13.1 Å². The number of hydrogen-bond donors (Lipinski definition) is 3. The predicted molar refractivity (Wildman–Crippen MR) is 95.2 cm³/mol. The fourth-order valence-corrected chi connectivity index (χ4v) is 3.02. The third kappa shape index (κ3) is 5.53. The number of nitrogens with zero attached hydrogens (tertiary/aromatic N) is 3. The van der Waals surface area contributed by atoms with E-state index in [9.17, 15) is 18.5 Å². The van der Waals surface area contributed by atoms with Crippen molar-refractivity contribution >= 4 is 21.6 Å². The number of aliphatic hydroxyl groups excluding tert-OH is 1. The van der Waals surface area contributed by atoms with Gasteiger partial charge < -0.3 is 15.3 Å². The highest BCUT2D eigenvalue weighted by molar-refractivity contribution is 7.89. The number of hydrogen-bond acceptors (Lipinski definition) is 7. The Morgan fingerprint density at radius 3 is 2.38 bits per heavy atom. The first kappa shape index (κ1) is 19.9. The lowest BCUT2D eigenvalue weighted by molar-refractivity contribution is -0.112. The highest BCUT2D eigenvalue weighted by atomic mass is 32.2. The Kier molecular flexibility index (Phi) is 6.70. The Morgan fingerprint density at radius 2 is 1.88 bits per heavy atom. The van der Waals surface area contributed by atoms with Crippen LogP contribution in [-0.4, -0.2) is 68.6 Å². The number of primary sulfonamides is 1. The minimum atomic E-state index is -3.80. The summed E-state index contributed by atoms with van der Waals surface area (Å²) in [6, 6.07) is 7.24. The average molecular weight is 379 g/mol. The summed E-state index contributed by atoms with van der Waals surface area (Å²) >= 11 is 0. The number of benzene rings is 1. The van der Waals surface area contributed by atoms with E-state index in [2.05, 4.69) is 10.2 Å². The maximum absolute atomic E-state index is 12.3. The van der Waals surface area contributed by atoms with Crippen molar-refractivity contribution in [1.29, 1.82) is 5.26 Å². The normalized spacial score (nSPS) is 16.2. The molecule has 0 saturated carbocycles. The molecule has 26 heavy (non-hydrogen) atoms. The van der Waals surface area contributed by atoms with Gasteiger partial charge in [-0.05, 0) is 24.3 Å². The topological polar surface area (TPSA) is 140 Å². The molecule has 0 spiro atoms. The highest BCUT2D eigenvalue weighted by Gasteiger charge is 2.17. The molecular formula is C16H21N5O4S. The molecule has 0 radical (unpaired) electrons. The summed E-state index contributed by atoms with van der Waals surface area (Å²) in [5.74, 6) is -0.575. The number of nitrogens with one attached hydrogen (secondary N) is 1. The third-order valence-corrected chi connectivity index (χ3v) is 4.87. The largest absolute Gasteiger partial charge is 0.395 e. The number of β-amino-alcohol motifs (C(OH)–C–C–N with tert-alkyl or cyclic N) is 1. The van der Waals surface area contributed by atoms with Crippen molar-refractivity contribution in [2.45, 2.75) is 4.90 Å². The molecule has 1 aliphatic rings. The van der Waals surface area contributed by atoms with E-state index >= 15 is 0 Å². The van der Waals surface area contributed by atoms with Gasteiger partial charge in [-0.25, -0.2) is 13.6 Å². The fourth-order valence-electron chi connectivity index (χ4n) is 2.50. The van der Waals surface area contributed by atoms with Gasteiger partial charge in [0.05, 0.1) is 11.5 Å². The second kappa shape index (κ2) is 8.77. The number of anilines is 1. The molecule has 0 atom stereocenters. The number of piperazine rings is 1. The van der Waals surface area contributed by atoms with Crippen molar-refractivity contribution in [1.82, 2.24) is 9.80 Å². The molecule has 1 aromatic carbocycles. The van der Waals surface area contributed by atoms with Crippen molar-refractivity contribution in [2.75, 3.05) is 44.6 Å². The van der Waals surface area contributed by atoms with Crippen molar-refractivity contribution in [3.05, 3.63) is 36.0 Å². The maximum atomic E-state index is 12.3. The van der Waals surface area contributed by atoms with Crippen LogP contribution in [0, 0.1) is 11.3 Å². The van der Waals surface area contributed by atoms with Gasteiger partial charge in [-0.15, -0.1) is 0 Å². The van der Waals surface area contributed by atoms with Gasteiger partial charge in [0.2, 0.25) is 10.0 Å². The van der Waals surface area contributed by atoms with Crippen LogP contribution in [-0.2, 0) is 14.8 Å². The molecule has 0 aliphatic carbocycles. The molecule has 1 fully saturated rings. The Hall–Kier alpha value is -2.45. The second-order valence-electron chi connectivity index (χ2n) is 5.78. The molecule has 2 rings (SSSR count). The zero-order valence-electron chi connectivity index (χ0n) is 14.1. The van der Waals surface area contributed by atoms with Gasteiger partial charge in [0, 0.05) is 44.6 Å². The molecule has 10 heteroatoms. The standard InChI is InChI=1S/C16H21N5O4S/c17-11-13(12-21-7-5-20(6-8-21)9-10-22)16(23)19-14-1-3-15(4-2-14)26(18,24)25/h1-4,12,22H,5-10H2,(H,19,23)(H2,18,24,25)/b13-12-. The number of carbonyl (C=O) groups excluding carboxylic acids is 1. The van der Waals surface area contributed by atoms with Crippen molar-refractivity contribution in [3.8, 4) is 6.07 Å². The molecule has 1 aliphatic heterocycles. The summed E-state index contributed by atoms with van der Waals surface area (Å²) in [6.07, 6.45) is 1.52. The number of rotatable bonds is 6. The van der Waals surface area contributed by atoms with E-state index in [1.807, 2.05) is 11.0 Å². The molecule has 9 nitrogen and oxygen atoms in total. The summed E-state index contributed by atoms with van der Waals surface area (Å²) in [5.41, 5.74) is 0.312. The lowest BCUT2D eigenvalue weighted by Gasteiger charge is -2.33. The molecule has 0 bridgehead atoms. The van der Waals surface area contributed by atoms with E-state index < -0.39 is 15.9 Å². The molecule has 1 saturated heterocycles. The summed E-state index contributed by atoms with van der Waals surface area (Å²) in [5, 5.41) is 25.8. The maximum Gasteiger partial charge on any atom is 0.267 e. The van der Waals surface area contributed by atoms with Crippen molar-refractivity contribution in [2.24, 2.45) is 5.14 Å². The first-order valence-corrected chi connectivity index (χ1v) is 9.51. The van der Waals surface area contributed by atoms with E-state index in [1.54, 1.807) is 0 Å². The second-order valence-corrected chi connectivity index (χ2v) is 7.34. The Balaban J connectivity index is 1.99. The van der Waals surface area contributed by atoms with Crippen molar-refractivity contribution in [3.63, 3.8) is 0 Å². The lowest BCUT2D eigenvalue weighted by Crippen LogP contribution is -2.45. The van der Waals surface area contributed by atoms with Crippen LogP contribution in [0.15, 0.2) is 40.9 Å². The molecule has 1 amide bonds. The van der Waals surface area contributed by atoms with Crippen LogP contribution in [0.3, 0.4) is 0 Å².